The van der Waals surface area contributed by atoms with Crippen LogP contribution >= 0.6 is 0 Å². The van der Waals surface area contributed by atoms with Gasteiger partial charge in [-0.25, -0.2) is 34.3 Å². The van der Waals surface area contributed by atoms with Crippen molar-refractivity contribution in [2.75, 3.05) is 38.2 Å². The van der Waals surface area contributed by atoms with E-state index in [-0.39, 0.29) is 20.4 Å². The van der Waals surface area contributed by atoms with Crippen molar-refractivity contribution in [3.8, 4) is 0 Å². The minimum Gasteiger partial charge on any atom is -0.386 e. The van der Waals surface area contributed by atoms with Gasteiger partial charge in [0.05, 0.1) is 26.1 Å². The first-order valence-electron chi connectivity index (χ1n) is 8.16. The predicted octanol–water partition coefficient (Wildman–Crippen LogP) is 0.688. The largest absolute Gasteiger partial charge is 0.386 e. The molecule has 2 aromatic rings. The summed E-state index contributed by atoms with van der Waals surface area (Å²) in [6.07, 6.45) is 0. The molecule has 0 saturated heterocycles. The number of nitrogens with zero attached hydrogens (tertiary/aromatic N) is 1. The van der Waals surface area contributed by atoms with Crippen LogP contribution in [0.15, 0.2) is 57.2 Å². The molecule has 0 aromatic heterocycles. The molecule has 10 nitrogen and oxygen atoms in total. The van der Waals surface area contributed by atoms with E-state index in [0.29, 0.717) is 5.69 Å². The summed E-state index contributed by atoms with van der Waals surface area (Å²) in [5.41, 5.74) is 0.379. The lowest BCUT2D eigenvalue weighted by Crippen LogP contribution is -2.22. The Kier molecular flexibility index (Phi) is 6.59. The highest BCUT2D eigenvalue weighted by Gasteiger charge is 2.21. The zero-order valence-corrected chi connectivity index (χ0v) is 18.6. The molecule has 2 aromatic carbocycles. The molecule has 13 heteroatoms. The molecule has 0 unspecified atom stereocenters. The van der Waals surface area contributed by atoms with Crippen LogP contribution in [0.3, 0.4) is 0 Å². The number of rotatable bonds is 8. The third-order valence-corrected chi connectivity index (χ3v) is 8.62. The van der Waals surface area contributed by atoms with Crippen LogP contribution in [0.2, 0.25) is 0 Å². The van der Waals surface area contributed by atoms with Crippen molar-refractivity contribution in [2.24, 2.45) is 0 Å². The summed E-state index contributed by atoms with van der Waals surface area (Å²) < 4.78 is 79.2. The topological polar surface area (TPSA) is 142 Å². The van der Waals surface area contributed by atoms with Crippen LogP contribution in [0.1, 0.15) is 0 Å². The van der Waals surface area contributed by atoms with Crippen molar-refractivity contribution in [3.05, 3.63) is 42.5 Å². The Morgan fingerprint density at radius 3 is 1.69 bits per heavy atom. The number of hydrogen-bond donors (Lipinski definition) is 3. The van der Waals surface area contributed by atoms with Crippen LogP contribution in [0.4, 0.5) is 11.4 Å². The Hall–Kier alpha value is -2.19. The van der Waals surface area contributed by atoms with Gasteiger partial charge in [0, 0.05) is 21.1 Å². The predicted molar refractivity (Wildman–Crippen MR) is 110 cm³/mol. The van der Waals surface area contributed by atoms with Crippen molar-refractivity contribution in [1.29, 1.82) is 0 Å². The molecule has 0 amide bonds. The van der Waals surface area contributed by atoms with Gasteiger partial charge in [0.15, 0.2) is 0 Å². The molecular weight excluding hydrogens is 440 g/mol. The zero-order chi connectivity index (χ0) is 22.0. The standard InChI is InChI=1S/C16H22N4O6S3/c1-17-15-10-9-14(27(21,22)18-2)11-16(15)19-28(23,24)12-5-7-13(8-6-12)29(25,26)20(3)4/h5-11,17-19H,1-4H3. The lowest BCUT2D eigenvalue weighted by molar-refractivity contribution is 0.520. The van der Waals surface area contributed by atoms with Crippen molar-refractivity contribution in [1.82, 2.24) is 9.03 Å². The molecule has 0 fully saturated rings. The first kappa shape index (κ1) is 23.1. The molecule has 160 valence electrons. The second-order valence-electron chi connectivity index (χ2n) is 6.03. The Bertz CT molecular complexity index is 1210. The molecule has 0 atom stereocenters. The fourth-order valence-electron chi connectivity index (χ4n) is 2.32. The summed E-state index contributed by atoms with van der Waals surface area (Å²) in [5, 5.41) is 2.78. The minimum absolute atomic E-state index is 0.0221. The summed E-state index contributed by atoms with van der Waals surface area (Å²) in [6, 6.07) is 8.62. The molecule has 0 aliphatic heterocycles. The second kappa shape index (κ2) is 8.28. The highest BCUT2D eigenvalue weighted by molar-refractivity contribution is 7.92. The van der Waals surface area contributed by atoms with Gasteiger partial charge in [-0.2, -0.15) is 0 Å². The Balaban J connectivity index is 2.45. The smallest absolute Gasteiger partial charge is 0.261 e. The first-order valence-corrected chi connectivity index (χ1v) is 12.6. The number of hydrogen-bond acceptors (Lipinski definition) is 7. The van der Waals surface area contributed by atoms with E-state index in [0.717, 1.165) is 16.4 Å². The number of sulfonamides is 3. The maximum atomic E-state index is 12.7. The average molecular weight is 463 g/mol. The molecule has 0 spiro atoms. The normalized spacial score (nSPS) is 12.7. The van der Waals surface area contributed by atoms with Gasteiger partial charge in [-0.1, -0.05) is 0 Å². The van der Waals surface area contributed by atoms with Crippen molar-refractivity contribution in [3.63, 3.8) is 0 Å². The van der Waals surface area contributed by atoms with Crippen LogP contribution in [-0.4, -0.2) is 57.7 Å². The van der Waals surface area contributed by atoms with Gasteiger partial charge in [0.1, 0.15) is 0 Å². The molecule has 0 aliphatic carbocycles. The highest BCUT2D eigenvalue weighted by atomic mass is 32.2. The monoisotopic (exact) mass is 462 g/mol. The maximum Gasteiger partial charge on any atom is 0.261 e. The second-order valence-corrected chi connectivity index (χ2v) is 11.8. The fraction of sp³-hybridized carbons (Fsp3) is 0.250. The van der Waals surface area contributed by atoms with Crippen molar-refractivity contribution >= 4 is 41.4 Å². The van der Waals surface area contributed by atoms with Crippen LogP contribution in [-0.2, 0) is 30.1 Å². The van der Waals surface area contributed by atoms with Crippen LogP contribution in [0.5, 0.6) is 0 Å². The van der Waals surface area contributed by atoms with E-state index in [1.54, 1.807) is 7.05 Å². The maximum absolute atomic E-state index is 12.7. The zero-order valence-electron chi connectivity index (χ0n) is 16.2. The quantitative estimate of drug-likeness (QED) is 0.524. The molecular formula is C16H22N4O6S3. The van der Waals surface area contributed by atoms with E-state index in [2.05, 4.69) is 14.8 Å². The van der Waals surface area contributed by atoms with Gasteiger partial charge in [-0.15, -0.1) is 0 Å². The van der Waals surface area contributed by atoms with Gasteiger partial charge < -0.3 is 5.32 Å². The van der Waals surface area contributed by atoms with Gasteiger partial charge >= 0.3 is 0 Å². The van der Waals surface area contributed by atoms with E-state index < -0.39 is 30.1 Å². The molecule has 2 rings (SSSR count). The van der Waals surface area contributed by atoms with Crippen LogP contribution < -0.4 is 14.8 Å². The van der Waals surface area contributed by atoms with Crippen LogP contribution in [0, 0.1) is 0 Å². The van der Waals surface area contributed by atoms with Crippen molar-refractivity contribution < 1.29 is 25.3 Å². The Morgan fingerprint density at radius 2 is 1.21 bits per heavy atom. The molecule has 0 bridgehead atoms. The number of anilines is 2. The molecule has 0 aliphatic rings. The summed E-state index contributed by atoms with van der Waals surface area (Å²) in [5.74, 6) is 0. The highest BCUT2D eigenvalue weighted by Crippen LogP contribution is 2.28. The van der Waals surface area contributed by atoms with Gasteiger partial charge in [0.25, 0.3) is 10.0 Å². The molecule has 0 radical (unpaired) electrons. The number of benzene rings is 2. The summed E-state index contributed by atoms with van der Waals surface area (Å²) in [7, 11) is -6.05. The van der Waals surface area contributed by atoms with E-state index in [1.807, 2.05) is 0 Å². The molecule has 0 saturated carbocycles. The van der Waals surface area contributed by atoms with E-state index in [9.17, 15) is 25.3 Å². The Labute approximate surface area is 171 Å². The van der Waals surface area contributed by atoms with Gasteiger partial charge in [-0.05, 0) is 49.5 Å². The van der Waals surface area contributed by atoms with Gasteiger partial charge in [-0.3, -0.25) is 4.72 Å². The van der Waals surface area contributed by atoms with Crippen molar-refractivity contribution in [2.45, 2.75) is 14.7 Å². The average Bonchev–Trinajstić information content (AvgIpc) is 2.67. The van der Waals surface area contributed by atoms with E-state index >= 15 is 0 Å². The lowest BCUT2D eigenvalue weighted by Gasteiger charge is -2.15. The van der Waals surface area contributed by atoms with E-state index in [1.165, 1.54) is 51.5 Å². The fourth-order valence-corrected chi connectivity index (χ4v) is 5.04. The molecule has 3 N–H and O–H groups in total. The SMILES string of the molecule is CNc1ccc(S(=O)(=O)NC)cc1NS(=O)(=O)c1ccc(S(=O)(=O)N(C)C)cc1. The van der Waals surface area contributed by atoms with Crippen LogP contribution in [0.25, 0.3) is 0 Å². The summed E-state index contributed by atoms with van der Waals surface area (Å²) >= 11 is 0. The molecule has 0 heterocycles. The molecule has 29 heavy (non-hydrogen) atoms. The lowest BCUT2D eigenvalue weighted by atomic mass is 10.3. The summed E-state index contributed by atoms with van der Waals surface area (Å²) in [4.78, 5) is -0.359. The summed E-state index contributed by atoms with van der Waals surface area (Å²) in [6.45, 7) is 0. The minimum atomic E-state index is -4.11. The van der Waals surface area contributed by atoms with Gasteiger partial charge in [0.2, 0.25) is 20.0 Å². The third kappa shape index (κ3) is 4.87. The Morgan fingerprint density at radius 1 is 0.690 bits per heavy atom. The van der Waals surface area contributed by atoms with E-state index in [4.69, 9.17) is 0 Å². The number of nitrogens with one attached hydrogen (secondary N) is 3. The first-order chi connectivity index (χ1) is 13.3. The third-order valence-electron chi connectivity index (χ3n) is 4.00.